The number of ether oxygens (including phenoxy) is 2. The SMILES string of the molecule is Cc1cc(C)cc(OCC(=O)O[C@@H](C(=O)NC(N)=O)C(C)C)c1. The van der Waals surface area contributed by atoms with Crippen LogP contribution in [0.15, 0.2) is 18.2 Å². The fraction of sp³-hybridized carbons (Fsp3) is 0.438. The quantitative estimate of drug-likeness (QED) is 0.771. The van der Waals surface area contributed by atoms with Crippen LogP contribution < -0.4 is 15.8 Å². The smallest absolute Gasteiger partial charge is 0.344 e. The maximum Gasteiger partial charge on any atom is 0.344 e. The number of nitrogens with two attached hydrogens (primary N) is 1. The first kappa shape index (κ1) is 18.5. The molecule has 1 atom stereocenters. The second-order valence-corrected chi connectivity index (χ2v) is 5.62. The number of rotatable bonds is 6. The molecule has 0 radical (unpaired) electrons. The average Bonchev–Trinajstić information content (AvgIpc) is 2.40. The molecule has 0 spiro atoms. The predicted molar refractivity (Wildman–Crippen MR) is 83.9 cm³/mol. The number of primary amides is 1. The Hall–Kier alpha value is -2.57. The average molecular weight is 322 g/mol. The van der Waals surface area contributed by atoms with E-state index in [-0.39, 0.29) is 12.5 Å². The van der Waals surface area contributed by atoms with E-state index < -0.39 is 24.0 Å². The van der Waals surface area contributed by atoms with E-state index in [4.69, 9.17) is 15.2 Å². The van der Waals surface area contributed by atoms with Crippen molar-refractivity contribution in [2.75, 3.05) is 6.61 Å². The third kappa shape index (κ3) is 6.37. The summed E-state index contributed by atoms with van der Waals surface area (Å²) in [6, 6.07) is 4.57. The Morgan fingerprint density at radius 1 is 1.13 bits per heavy atom. The molecule has 7 heteroatoms. The van der Waals surface area contributed by atoms with E-state index >= 15 is 0 Å². The molecule has 0 heterocycles. The van der Waals surface area contributed by atoms with E-state index in [0.29, 0.717) is 5.75 Å². The lowest BCUT2D eigenvalue weighted by atomic mass is 10.1. The number of benzene rings is 1. The zero-order valence-corrected chi connectivity index (χ0v) is 13.7. The molecule has 126 valence electrons. The van der Waals surface area contributed by atoms with Crippen LogP contribution in [0.2, 0.25) is 0 Å². The van der Waals surface area contributed by atoms with Crippen LogP contribution in [0.3, 0.4) is 0 Å². The highest BCUT2D eigenvalue weighted by atomic mass is 16.6. The summed E-state index contributed by atoms with van der Waals surface area (Å²) in [5.74, 6) is -1.24. The number of nitrogens with one attached hydrogen (secondary N) is 1. The summed E-state index contributed by atoms with van der Waals surface area (Å²) in [5, 5.41) is 1.90. The molecule has 0 unspecified atom stereocenters. The Morgan fingerprint density at radius 2 is 1.70 bits per heavy atom. The lowest BCUT2D eigenvalue weighted by molar-refractivity contribution is -0.160. The molecule has 1 aromatic rings. The predicted octanol–water partition coefficient (Wildman–Crippen LogP) is 1.44. The van der Waals surface area contributed by atoms with Crippen LogP contribution in [0.5, 0.6) is 5.75 Å². The van der Waals surface area contributed by atoms with Crippen molar-refractivity contribution in [1.29, 1.82) is 0 Å². The fourth-order valence-electron chi connectivity index (χ4n) is 2.02. The summed E-state index contributed by atoms with van der Waals surface area (Å²) in [5.41, 5.74) is 6.91. The minimum absolute atomic E-state index is 0.320. The van der Waals surface area contributed by atoms with Gasteiger partial charge in [-0.05, 0) is 43.0 Å². The summed E-state index contributed by atoms with van der Waals surface area (Å²) < 4.78 is 10.4. The first-order valence-electron chi connectivity index (χ1n) is 7.20. The van der Waals surface area contributed by atoms with Gasteiger partial charge in [-0.1, -0.05) is 19.9 Å². The maximum atomic E-state index is 11.8. The van der Waals surface area contributed by atoms with Gasteiger partial charge in [0.25, 0.3) is 5.91 Å². The molecule has 0 aliphatic carbocycles. The Labute approximate surface area is 135 Å². The van der Waals surface area contributed by atoms with Crippen molar-refractivity contribution >= 4 is 17.9 Å². The monoisotopic (exact) mass is 322 g/mol. The highest BCUT2D eigenvalue weighted by Crippen LogP contribution is 2.16. The van der Waals surface area contributed by atoms with Crippen molar-refractivity contribution in [3.63, 3.8) is 0 Å². The van der Waals surface area contributed by atoms with Gasteiger partial charge in [0.05, 0.1) is 0 Å². The number of hydrogen-bond acceptors (Lipinski definition) is 5. The first-order chi connectivity index (χ1) is 10.7. The molecule has 0 saturated carbocycles. The van der Waals surface area contributed by atoms with E-state index in [1.165, 1.54) is 0 Å². The van der Waals surface area contributed by atoms with Gasteiger partial charge in [-0.3, -0.25) is 10.1 Å². The van der Waals surface area contributed by atoms with Crippen molar-refractivity contribution < 1.29 is 23.9 Å². The molecule has 0 bridgehead atoms. The Bertz CT molecular complexity index is 578. The highest BCUT2D eigenvalue weighted by molar-refractivity contribution is 5.96. The zero-order chi connectivity index (χ0) is 17.6. The van der Waals surface area contributed by atoms with Gasteiger partial charge in [-0.25, -0.2) is 9.59 Å². The van der Waals surface area contributed by atoms with Gasteiger partial charge in [-0.2, -0.15) is 0 Å². The van der Waals surface area contributed by atoms with E-state index in [0.717, 1.165) is 11.1 Å². The number of amides is 3. The third-order valence-corrected chi connectivity index (χ3v) is 2.92. The van der Waals surface area contributed by atoms with Crippen LogP contribution in [-0.4, -0.2) is 30.6 Å². The molecule has 0 aliphatic rings. The molecule has 0 aliphatic heterocycles. The summed E-state index contributed by atoms with van der Waals surface area (Å²) in [6.45, 7) is 6.87. The summed E-state index contributed by atoms with van der Waals surface area (Å²) in [6.07, 6.45) is -1.11. The van der Waals surface area contributed by atoms with Gasteiger partial charge in [0, 0.05) is 0 Å². The molecule has 3 amide bonds. The van der Waals surface area contributed by atoms with Crippen molar-refractivity contribution in [1.82, 2.24) is 5.32 Å². The van der Waals surface area contributed by atoms with Gasteiger partial charge >= 0.3 is 12.0 Å². The number of esters is 1. The number of carbonyl (C=O) groups excluding carboxylic acids is 3. The molecular weight excluding hydrogens is 300 g/mol. The first-order valence-corrected chi connectivity index (χ1v) is 7.20. The normalized spacial score (nSPS) is 11.7. The molecule has 7 nitrogen and oxygen atoms in total. The van der Waals surface area contributed by atoms with Gasteiger partial charge in [0.2, 0.25) is 0 Å². The Kier molecular flexibility index (Phi) is 6.56. The van der Waals surface area contributed by atoms with Crippen molar-refractivity contribution in [3.8, 4) is 5.75 Å². The molecule has 3 N–H and O–H groups in total. The highest BCUT2D eigenvalue weighted by Gasteiger charge is 2.27. The van der Waals surface area contributed by atoms with Crippen LogP contribution in [0.25, 0.3) is 0 Å². The van der Waals surface area contributed by atoms with Crippen molar-refractivity contribution in [2.45, 2.75) is 33.8 Å². The van der Waals surface area contributed by atoms with Gasteiger partial charge < -0.3 is 15.2 Å². The van der Waals surface area contributed by atoms with Gasteiger partial charge in [-0.15, -0.1) is 0 Å². The Balaban J connectivity index is 2.62. The molecular formula is C16H22N2O5. The van der Waals surface area contributed by atoms with Crippen molar-refractivity contribution in [2.24, 2.45) is 11.7 Å². The van der Waals surface area contributed by atoms with E-state index in [1.54, 1.807) is 26.0 Å². The van der Waals surface area contributed by atoms with E-state index in [1.807, 2.05) is 25.2 Å². The number of urea groups is 1. The van der Waals surface area contributed by atoms with Crippen LogP contribution in [0.1, 0.15) is 25.0 Å². The minimum Gasteiger partial charge on any atom is -0.482 e. The van der Waals surface area contributed by atoms with Gasteiger partial charge in [0.15, 0.2) is 12.7 Å². The maximum absolute atomic E-state index is 11.8. The fourth-order valence-corrected chi connectivity index (χ4v) is 2.02. The largest absolute Gasteiger partial charge is 0.482 e. The standard InChI is InChI=1S/C16H22N2O5/c1-9(2)14(15(20)18-16(17)21)23-13(19)8-22-12-6-10(3)5-11(4)7-12/h5-7,9,14H,8H2,1-4H3,(H3,17,18,20,21)/t14-/m1/s1. The van der Waals surface area contributed by atoms with Crippen LogP contribution in [0, 0.1) is 19.8 Å². The summed E-state index contributed by atoms with van der Waals surface area (Å²) >= 11 is 0. The second-order valence-electron chi connectivity index (χ2n) is 5.62. The zero-order valence-electron chi connectivity index (χ0n) is 13.7. The molecule has 1 aromatic carbocycles. The molecule has 0 aromatic heterocycles. The van der Waals surface area contributed by atoms with Crippen molar-refractivity contribution in [3.05, 3.63) is 29.3 Å². The summed E-state index contributed by atoms with van der Waals surface area (Å²) in [7, 11) is 0. The molecule has 23 heavy (non-hydrogen) atoms. The van der Waals surface area contributed by atoms with Gasteiger partial charge in [0.1, 0.15) is 5.75 Å². The summed E-state index contributed by atoms with van der Waals surface area (Å²) in [4.78, 5) is 34.3. The number of hydrogen-bond donors (Lipinski definition) is 2. The number of aryl methyl sites for hydroxylation is 2. The van der Waals surface area contributed by atoms with E-state index in [2.05, 4.69) is 0 Å². The number of carbonyl (C=O) groups is 3. The second kappa shape index (κ2) is 8.17. The topological polar surface area (TPSA) is 108 Å². The van der Waals surface area contributed by atoms with Crippen LogP contribution in [0.4, 0.5) is 4.79 Å². The minimum atomic E-state index is -1.11. The van der Waals surface area contributed by atoms with E-state index in [9.17, 15) is 14.4 Å². The molecule has 0 fully saturated rings. The lowest BCUT2D eigenvalue weighted by Crippen LogP contribution is -2.46. The van der Waals surface area contributed by atoms with Crippen LogP contribution >= 0.6 is 0 Å². The lowest BCUT2D eigenvalue weighted by Gasteiger charge is -2.19. The van der Waals surface area contributed by atoms with Crippen LogP contribution in [-0.2, 0) is 14.3 Å². The molecule has 1 rings (SSSR count). The Morgan fingerprint density at radius 3 is 2.17 bits per heavy atom. The third-order valence-electron chi connectivity index (χ3n) is 2.92. The number of imide groups is 1. The molecule has 0 saturated heterocycles.